The lowest BCUT2D eigenvalue weighted by molar-refractivity contribution is 0.908. The summed E-state index contributed by atoms with van der Waals surface area (Å²) in [5.74, 6) is 0. The van der Waals surface area contributed by atoms with Gasteiger partial charge < -0.3 is 10.4 Å². The molecule has 1 aromatic heterocycles. The van der Waals surface area contributed by atoms with Crippen molar-refractivity contribution >= 4 is 17.1 Å². The molecule has 2 rings (SSSR count). The van der Waals surface area contributed by atoms with E-state index in [0.717, 1.165) is 17.5 Å². The molecule has 0 fully saturated rings. The maximum atomic E-state index is 4.02. The largest absolute Gasteiger partial charge is 0.361 e. The zero-order valence-electron chi connectivity index (χ0n) is 9.04. The van der Waals surface area contributed by atoms with E-state index in [2.05, 4.69) is 40.6 Å². The third-order valence-electron chi connectivity index (χ3n) is 2.52. The molecule has 0 saturated carbocycles. The molecule has 0 aliphatic carbocycles. The average Bonchev–Trinajstić information content (AvgIpc) is 2.68. The zero-order chi connectivity index (χ0) is 10.7. The molecular weight excluding hydrogens is 186 g/mol. The number of hydrogen-bond acceptors (Lipinski definition) is 2. The Labute approximate surface area is 89.2 Å². The highest BCUT2D eigenvalue weighted by Crippen LogP contribution is 2.18. The summed E-state index contributed by atoms with van der Waals surface area (Å²) in [6, 6.07) is 6.48. The SMILES string of the molecule is CCc1ccc2[nH]cc(/C=N/NC)c2c1. The number of aryl methyl sites for hydroxylation is 1. The third-order valence-corrected chi connectivity index (χ3v) is 2.52. The second-order valence-electron chi connectivity index (χ2n) is 3.46. The normalized spacial score (nSPS) is 11.3. The molecule has 0 aliphatic heterocycles. The van der Waals surface area contributed by atoms with Gasteiger partial charge in [0.15, 0.2) is 0 Å². The van der Waals surface area contributed by atoms with Crippen LogP contribution in [0.15, 0.2) is 29.5 Å². The van der Waals surface area contributed by atoms with Gasteiger partial charge in [-0.15, -0.1) is 0 Å². The minimum Gasteiger partial charge on any atom is -0.361 e. The van der Waals surface area contributed by atoms with Crippen molar-refractivity contribution in [2.45, 2.75) is 13.3 Å². The van der Waals surface area contributed by atoms with Crippen LogP contribution in [0.1, 0.15) is 18.1 Å². The van der Waals surface area contributed by atoms with Gasteiger partial charge in [-0.1, -0.05) is 13.0 Å². The minimum atomic E-state index is 1.06. The fraction of sp³-hybridized carbons (Fsp3) is 0.250. The van der Waals surface area contributed by atoms with Crippen molar-refractivity contribution < 1.29 is 0 Å². The van der Waals surface area contributed by atoms with Gasteiger partial charge in [0.1, 0.15) is 0 Å². The van der Waals surface area contributed by atoms with Gasteiger partial charge in [0.25, 0.3) is 0 Å². The van der Waals surface area contributed by atoms with Crippen molar-refractivity contribution in [3.63, 3.8) is 0 Å². The summed E-state index contributed by atoms with van der Waals surface area (Å²) in [5.41, 5.74) is 6.38. The third kappa shape index (κ3) is 1.86. The van der Waals surface area contributed by atoms with Gasteiger partial charge in [0.05, 0.1) is 6.21 Å². The number of aromatic nitrogens is 1. The number of rotatable bonds is 3. The first-order valence-electron chi connectivity index (χ1n) is 5.15. The van der Waals surface area contributed by atoms with Crippen LogP contribution in [0, 0.1) is 0 Å². The summed E-state index contributed by atoms with van der Waals surface area (Å²) in [6.45, 7) is 2.16. The lowest BCUT2D eigenvalue weighted by Crippen LogP contribution is -1.94. The molecule has 0 saturated heterocycles. The molecular formula is C12H15N3. The van der Waals surface area contributed by atoms with Gasteiger partial charge in [-0.2, -0.15) is 5.10 Å². The second kappa shape index (κ2) is 4.17. The van der Waals surface area contributed by atoms with Crippen LogP contribution in [0.4, 0.5) is 0 Å². The standard InChI is InChI=1S/C12H15N3/c1-3-9-4-5-12-11(6-9)10(7-14-12)8-15-13-2/h4-8,13-14H,3H2,1-2H3/b15-8+. The van der Waals surface area contributed by atoms with Crippen molar-refractivity contribution in [1.29, 1.82) is 0 Å². The number of hydrazone groups is 1. The second-order valence-corrected chi connectivity index (χ2v) is 3.46. The minimum absolute atomic E-state index is 1.06. The van der Waals surface area contributed by atoms with Gasteiger partial charge in [0, 0.05) is 29.7 Å². The molecule has 0 spiro atoms. The maximum Gasteiger partial charge on any atom is 0.0561 e. The topological polar surface area (TPSA) is 40.2 Å². The van der Waals surface area contributed by atoms with E-state index in [1.807, 2.05) is 12.4 Å². The molecule has 0 bridgehead atoms. The van der Waals surface area contributed by atoms with Crippen LogP contribution in [0.25, 0.3) is 10.9 Å². The molecule has 15 heavy (non-hydrogen) atoms. The Morgan fingerprint density at radius 3 is 3.07 bits per heavy atom. The predicted molar refractivity (Wildman–Crippen MR) is 64.3 cm³/mol. The number of nitrogens with one attached hydrogen (secondary N) is 2. The summed E-state index contributed by atoms with van der Waals surface area (Å²) in [4.78, 5) is 3.23. The average molecular weight is 201 g/mol. The summed E-state index contributed by atoms with van der Waals surface area (Å²) in [6.07, 6.45) is 4.87. The maximum absolute atomic E-state index is 4.02. The van der Waals surface area contributed by atoms with Gasteiger partial charge in [-0.25, -0.2) is 0 Å². The number of fused-ring (bicyclic) bond motifs is 1. The lowest BCUT2D eigenvalue weighted by atomic mass is 10.1. The fourth-order valence-corrected chi connectivity index (χ4v) is 1.65. The van der Waals surface area contributed by atoms with Crippen LogP contribution in [0.5, 0.6) is 0 Å². The first-order valence-corrected chi connectivity index (χ1v) is 5.15. The molecule has 2 N–H and O–H groups in total. The quantitative estimate of drug-likeness (QED) is 0.580. The molecule has 1 heterocycles. The molecule has 1 aromatic carbocycles. The van der Waals surface area contributed by atoms with Gasteiger partial charge in [-0.3, -0.25) is 0 Å². The van der Waals surface area contributed by atoms with Gasteiger partial charge >= 0.3 is 0 Å². The number of benzene rings is 1. The first-order chi connectivity index (χ1) is 7.35. The van der Waals surface area contributed by atoms with E-state index in [1.165, 1.54) is 10.9 Å². The summed E-state index contributed by atoms with van der Waals surface area (Å²) in [5, 5.41) is 5.25. The summed E-state index contributed by atoms with van der Waals surface area (Å²) < 4.78 is 0. The molecule has 2 aromatic rings. The van der Waals surface area contributed by atoms with Crippen molar-refractivity contribution in [2.75, 3.05) is 7.05 Å². The first kappa shape index (κ1) is 9.77. The zero-order valence-corrected chi connectivity index (χ0v) is 9.04. The van der Waals surface area contributed by atoms with Crippen LogP contribution >= 0.6 is 0 Å². The number of nitrogens with zero attached hydrogens (tertiary/aromatic N) is 1. The molecule has 0 unspecified atom stereocenters. The molecule has 0 aliphatic rings. The highest BCUT2D eigenvalue weighted by atomic mass is 15.3. The van der Waals surface area contributed by atoms with Crippen LogP contribution in [-0.4, -0.2) is 18.2 Å². The summed E-state index contributed by atoms with van der Waals surface area (Å²) >= 11 is 0. The van der Waals surface area contributed by atoms with E-state index in [4.69, 9.17) is 0 Å². The Kier molecular flexibility index (Phi) is 2.72. The van der Waals surface area contributed by atoms with Crippen molar-refractivity contribution in [3.8, 4) is 0 Å². The molecule has 0 radical (unpaired) electrons. The van der Waals surface area contributed by atoms with E-state index in [-0.39, 0.29) is 0 Å². The Morgan fingerprint density at radius 2 is 2.33 bits per heavy atom. The van der Waals surface area contributed by atoms with Crippen molar-refractivity contribution in [3.05, 3.63) is 35.5 Å². The molecule has 0 amide bonds. The van der Waals surface area contributed by atoms with Crippen LogP contribution < -0.4 is 5.43 Å². The Bertz CT molecular complexity index is 483. The molecule has 3 heteroatoms. The Morgan fingerprint density at radius 1 is 1.47 bits per heavy atom. The molecule has 78 valence electrons. The number of hydrogen-bond donors (Lipinski definition) is 2. The van der Waals surface area contributed by atoms with Crippen LogP contribution in [-0.2, 0) is 6.42 Å². The van der Waals surface area contributed by atoms with Gasteiger partial charge in [0.2, 0.25) is 0 Å². The fourth-order valence-electron chi connectivity index (χ4n) is 1.65. The van der Waals surface area contributed by atoms with Crippen LogP contribution in [0.2, 0.25) is 0 Å². The lowest BCUT2D eigenvalue weighted by Gasteiger charge is -1.97. The van der Waals surface area contributed by atoms with Crippen molar-refractivity contribution in [1.82, 2.24) is 10.4 Å². The Balaban J connectivity index is 2.51. The predicted octanol–water partition coefficient (Wildman–Crippen LogP) is 2.28. The van der Waals surface area contributed by atoms with E-state index >= 15 is 0 Å². The van der Waals surface area contributed by atoms with E-state index in [0.29, 0.717) is 0 Å². The van der Waals surface area contributed by atoms with E-state index in [9.17, 15) is 0 Å². The number of aromatic amines is 1. The van der Waals surface area contributed by atoms with Gasteiger partial charge in [-0.05, 0) is 24.1 Å². The molecule has 3 nitrogen and oxygen atoms in total. The van der Waals surface area contributed by atoms with Crippen LogP contribution in [0.3, 0.4) is 0 Å². The highest BCUT2D eigenvalue weighted by molar-refractivity contribution is 5.99. The van der Waals surface area contributed by atoms with Crippen molar-refractivity contribution in [2.24, 2.45) is 5.10 Å². The summed E-state index contributed by atoms with van der Waals surface area (Å²) in [7, 11) is 1.79. The number of H-pyrrole nitrogens is 1. The molecule has 0 atom stereocenters. The van der Waals surface area contributed by atoms with E-state index < -0.39 is 0 Å². The highest BCUT2D eigenvalue weighted by Gasteiger charge is 2.01. The smallest absolute Gasteiger partial charge is 0.0561 e. The monoisotopic (exact) mass is 201 g/mol. The van der Waals surface area contributed by atoms with E-state index in [1.54, 1.807) is 7.05 Å². The Hall–Kier alpha value is -1.77.